The van der Waals surface area contributed by atoms with Crippen LogP contribution in [0.4, 0.5) is 4.39 Å². The van der Waals surface area contributed by atoms with Gasteiger partial charge in [-0.25, -0.2) is 9.37 Å². The third-order valence-corrected chi connectivity index (χ3v) is 2.49. The summed E-state index contributed by atoms with van der Waals surface area (Å²) in [6, 6.07) is 5.00. The fourth-order valence-corrected chi connectivity index (χ4v) is 1.59. The number of methoxy groups -OCH3 is 1. The monoisotopic (exact) mass is 235 g/mol. The van der Waals surface area contributed by atoms with Gasteiger partial charge in [0.2, 0.25) is 0 Å². The second-order valence-corrected chi connectivity index (χ2v) is 3.89. The highest BCUT2D eigenvalue weighted by Crippen LogP contribution is 2.20. The molecule has 0 bridgehead atoms. The van der Waals surface area contributed by atoms with E-state index in [0.717, 1.165) is 5.56 Å². The molecule has 0 fully saturated rings. The zero-order valence-corrected chi connectivity index (χ0v) is 10.1. The molecule has 0 aliphatic rings. The molecule has 0 radical (unpaired) electrons. The van der Waals surface area contributed by atoms with Gasteiger partial charge in [-0.05, 0) is 24.6 Å². The standard InChI is InChI=1S/C12H14FN3O/c1-8-4-5-9(10(13)6-8)12-14-11(7-17-3)16(2)15-12/h4-6H,7H2,1-3H3. The number of nitrogens with zero attached hydrogens (tertiary/aromatic N) is 3. The first-order chi connectivity index (χ1) is 8.11. The second-order valence-electron chi connectivity index (χ2n) is 3.89. The number of rotatable bonds is 3. The fourth-order valence-electron chi connectivity index (χ4n) is 1.59. The summed E-state index contributed by atoms with van der Waals surface area (Å²) in [5, 5.41) is 4.18. The van der Waals surface area contributed by atoms with E-state index in [1.807, 2.05) is 13.0 Å². The third kappa shape index (κ3) is 2.34. The van der Waals surface area contributed by atoms with E-state index < -0.39 is 0 Å². The van der Waals surface area contributed by atoms with Gasteiger partial charge in [0.15, 0.2) is 11.6 Å². The molecular formula is C12H14FN3O. The van der Waals surface area contributed by atoms with Crippen LogP contribution in [0.3, 0.4) is 0 Å². The average Bonchev–Trinajstić information content (AvgIpc) is 2.60. The summed E-state index contributed by atoms with van der Waals surface area (Å²) in [7, 11) is 3.35. The number of hydrogen-bond donors (Lipinski definition) is 0. The van der Waals surface area contributed by atoms with Crippen molar-refractivity contribution in [3.8, 4) is 11.4 Å². The van der Waals surface area contributed by atoms with Crippen LogP contribution in [0.15, 0.2) is 18.2 Å². The van der Waals surface area contributed by atoms with Crippen LogP contribution in [0, 0.1) is 12.7 Å². The van der Waals surface area contributed by atoms with Gasteiger partial charge in [0.05, 0.1) is 5.56 Å². The van der Waals surface area contributed by atoms with Crippen molar-refractivity contribution < 1.29 is 9.13 Å². The van der Waals surface area contributed by atoms with E-state index in [2.05, 4.69) is 10.1 Å². The van der Waals surface area contributed by atoms with Crippen LogP contribution in [-0.4, -0.2) is 21.9 Å². The smallest absolute Gasteiger partial charge is 0.184 e. The van der Waals surface area contributed by atoms with Gasteiger partial charge in [0, 0.05) is 14.2 Å². The lowest BCUT2D eigenvalue weighted by Crippen LogP contribution is -2.00. The van der Waals surface area contributed by atoms with E-state index in [9.17, 15) is 4.39 Å². The van der Waals surface area contributed by atoms with Crippen LogP contribution in [0.25, 0.3) is 11.4 Å². The average molecular weight is 235 g/mol. The van der Waals surface area contributed by atoms with Gasteiger partial charge < -0.3 is 4.74 Å². The van der Waals surface area contributed by atoms with E-state index in [4.69, 9.17) is 4.74 Å². The van der Waals surface area contributed by atoms with Crippen molar-refractivity contribution in [2.75, 3.05) is 7.11 Å². The van der Waals surface area contributed by atoms with Gasteiger partial charge in [-0.2, -0.15) is 5.10 Å². The minimum atomic E-state index is -0.306. The lowest BCUT2D eigenvalue weighted by Gasteiger charge is -1.98. The lowest BCUT2D eigenvalue weighted by atomic mass is 10.1. The molecule has 0 amide bonds. The van der Waals surface area contributed by atoms with E-state index in [1.165, 1.54) is 6.07 Å². The van der Waals surface area contributed by atoms with Crippen LogP contribution in [0.1, 0.15) is 11.4 Å². The van der Waals surface area contributed by atoms with E-state index >= 15 is 0 Å². The van der Waals surface area contributed by atoms with Crippen molar-refractivity contribution in [2.24, 2.45) is 7.05 Å². The number of ether oxygens (including phenoxy) is 1. The van der Waals surface area contributed by atoms with Crippen molar-refractivity contribution >= 4 is 0 Å². The molecule has 90 valence electrons. The van der Waals surface area contributed by atoms with E-state index in [1.54, 1.807) is 24.9 Å². The summed E-state index contributed by atoms with van der Waals surface area (Å²) in [6.07, 6.45) is 0. The summed E-state index contributed by atoms with van der Waals surface area (Å²) in [5.74, 6) is 0.749. The third-order valence-electron chi connectivity index (χ3n) is 2.49. The van der Waals surface area contributed by atoms with Gasteiger partial charge in [-0.1, -0.05) is 6.07 Å². The highest BCUT2D eigenvalue weighted by Gasteiger charge is 2.12. The Bertz CT molecular complexity index is 537. The molecule has 1 heterocycles. The maximum atomic E-state index is 13.7. The molecule has 0 aliphatic carbocycles. The largest absolute Gasteiger partial charge is 0.377 e. The van der Waals surface area contributed by atoms with Crippen LogP contribution >= 0.6 is 0 Å². The molecule has 0 N–H and O–H groups in total. The first-order valence-corrected chi connectivity index (χ1v) is 5.27. The SMILES string of the molecule is COCc1nc(-c2ccc(C)cc2F)nn1C. The Balaban J connectivity index is 2.42. The van der Waals surface area contributed by atoms with Gasteiger partial charge in [0.1, 0.15) is 12.4 Å². The topological polar surface area (TPSA) is 39.9 Å². The Morgan fingerprint density at radius 2 is 2.18 bits per heavy atom. The molecule has 4 nitrogen and oxygen atoms in total. The zero-order valence-electron chi connectivity index (χ0n) is 10.1. The second kappa shape index (κ2) is 4.63. The van der Waals surface area contributed by atoms with Gasteiger partial charge in [0.25, 0.3) is 0 Å². The number of benzene rings is 1. The summed E-state index contributed by atoms with van der Waals surface area (Å²) < 4.78 is 20.3. The quantitative estimate of drug-likeness (QED) is 0.817. The summed E-state index contributed by atoms with van der Waals surface area (Å²) >= 11 is 0. The molecule has 2 rings (SSSR count). The predicted molar refractivity (Wildman–Crippen MR) is 61.8 cm³/mol. The first-order valence-electron chi connectivity index (χ1n) is 5.27. The molecule has 0 unspecified atom stereocenters. The lowest BCUT2D eigenvalue weighted by molar-refractivity contribution is 0.174. The molecule has 0 aliphatic heterocycles. The molecular weight excluding hydrogens is 221 g/mol. The van der Waals surface area contributed by atoms with Crippen molar-refractivity contribution in [3.63, 3.8) is 0 Å². The van der Waals surface area contributed by atoms with Crippen LogP contribution in [0.5, 0.6) is 0 Å². The van der Waals surface area contributed by atoms with Crippen LogP contribution in [-0.2, 0) is 18.4 Å². The molecule has 1 aromatic carbocycles. The fraction of sp³-hybridized carbons (Fsp3) is 0.333. The maximum absolute atomic E-state index is 13.7. The van der Waals surface area contributed by atoms with Crippen LogP contribution < -0.4 is 0 Å². The Hall–Kier alpha value is -1.75. The molecule has 1 aromatic heterocycles. The summed E-state index contributed by atoms with van der Waals surface area (Å²) in [6.45, 7) is 2.20. The Morgan fingerprint density at radius 1 is 1.41 bits per heavy atom. The molecule has 5 heteroatoms. The molecule has 0 atom stereocenters. The van der Waals surface area contributed by atoms with Crippen LogP contribution in [0.2, 0.25) is 0 Å². The highest BCUT2D eigenvalue weighted by atomic mass is 19.1. The Labute approximate surface area is 99.1 Å². The maximum Gasteiger partial charge on any atom is 0.184 e. The Morgan fingerprint density at radius 3 is 2.82 bits per heavy atom. The number of aryl methyl sites for hydroxylation is 2. The molecule has 17 heavy (non-hydrogen) atoms. The van der Waals surface area contributed by atoms with Gasteiger partial charge in [-0.3, -0.25) is 4.68 Å². The van der Waals surface area contributed by atoms with Crippen molar-refractivity contribution in [1.29, 1.82) is 0 Å². The first kappa shape index (κ1) is 11.7. The van der Waals surface area contributed by atoms with Crippen molar-refractivity contribution in [3.05, 3.63) is 35.4 Å². The number of aromatic nitrogens is 3. The number of halogens is 1. The van der Waals surface area contributed by atoms with E-state index in [-0.39, 0.29) is 5.82 Å². The number of hydrogen-bond acceptors (Lipinski definition) is 3. The Kier molecular flexibility index (Phi) is 3.19. The van der Waals surface area contributed by atoms with Gasteiger partial charge >= 0.3 is 0 Å². The van der Waals surface area contributed by atoms with E-state index in [0.29, 0.717) is 23.8 Å². The van der Waals surface area contributed by atoms with Crippen molar-refractivity contribution in [2.45, 2.75) is 13.5 Å². The molecule has 0 saturated heterocycles. The normalized spacial score (nSPS) is 10.8. The molecule has 0 saturated carbocycles. The minimum Gasteiger partial charge on any atom is -0.377 e. The zero-order chi connectivity index (χ0) is 12.4. The molecule has 0 spiro atoms. The minimum absolute atomic E-state index is 0.306. The molecule has 2 aromatic rings. The summed E-state index contributed by atoms with van der Waals surface area (Å²) in [4.78, 5) is 4.25. The predicted octanol–water partition coefficient (Wildman–Crippen LogP) is 2.08. The van der Waals surface area contributed by atoms with Crippen molar-refractivity contribution in [1.82, 2.24) is 14.8 Å². The summed E-state index contributed by atoms with van der Waals surface area (Å²) in [5.41, 5.74) is 1.29. The highest BCUT2D eigenvalue weighted by molar-refractivity contribution is 5.56. The van der Waals surface area contributed by atoms with Gasteiger partial charge in [-0.15, -0.1) is 0 Å².